The highest BCUT2D eigenvalue weighted by Crippen LogP contribution is 2.50. The molecule has 1 aromatic heterocycles. The van der Waals surface area contributed by atoms with E-state index in [0.717, 1.165) is 16.3 Å². The highest BCUT2D eigenvalue weighted by Gasteiger charge is 2.49. The fourth-order valence-corrected chi connectivity index (χ4v) is 11.5. The van der Waals surface area contributed by atoms with Crippen molar-refractivity contribution < 1.29 is 13.9 Å². The third kappa shape index (κ3) is 3.80. The van der Waals surface area contributed by atoms with Crippen molar-refractivity contribution in [2.75, 3.05) is 7.11 Å². The molecule has 150 valence electrons. The van der Waals surface area contributed by atoms with Gasteiger partial charge in [-0.15, -0.1) is 0 Å². The van der Waals surface area contributed by atoms with Crippen LogP contribution < -0.4 is 0 Å². The molecule has 4 heteroatoms. The van der Waals surface area contributed by atoms with Crippen molar-refractivity contribution in [2.24, 2.45) is 0 Å². The molecule has 0 fully saturated rings. The lowest BCUT2D eigenvalue weighted by atomic mass is 10.0. The SMILES string of the molecule is CO/C(=C(/C(=C=O)[Si](C(C)C)(C(C)C)C(C)C)c1ccccc1)c1ccco1. The predicted molar refractivity (Wildman–Crippen MR) is 119 cm³/mol. The van der Waals surface area contributed by atoms with Crippen LogP contribution in [0, 0.1) is 0 Å². The van der Waals surface area contributed by atoms with Crippen molar-refractivity contribution in [2.45, 2.75) is 58.2 Å². The van der Waals surface area contributed by atoms with Crippen LogP contribution in [-0.4, -0.2) is 21.1 Å². The standard InChI is InChI=1S/C24H32O3Si/c1-17(2)28(18(3)4,19(5)6)22(16-25)23(20-12-9-8-10-13-20)24(26-7)21-14-11-15-27-21/h8-15,17-19H,1-7H3/b24-23+. The number of benzene rings is 1. The van der Waals surface area contributed by atoms with Crippen LogP contribution in [0.15, 0.2) is 58.3 Å². The van der Waals surface area contributed by atoms with Gasteiger partial charge in [-0.1, -0.05) is 71.9 Å². The zero-order valence-corrected chi connectivity index (χ0v) is 19.1. The van der Waals surface area contributed by atoms with E-state index in [1.54, 1.807) is 13.4 Å². The molecule has 0 amide bonds. The van der Waals surface area contributed by atoms with E-state index in [0.29, 0.717) is 28.1 Å². The lowest BCUT2D eigenvalue weighted by molar-refractivity contribution is 0.353. The molecule has 1 heterocycles. The van der Waals surface area contributed by atoms with Gasteiger partial charge in [0.05, 0.1) is 13.4 Å². The summed E-state index contributed by atoms with van der Waals surface area (Å²) in [6, 6.07) is 13.7. The number of hydrogen-bond donors (Lipinski definition) is 0. The molecular formula is C24H32O3Si. The maximum Gasteiger partial charge on any atom is 0.169 e. The summed E-state index contributed by atoms with van der Waals surface area (Å²) in [4.78, 5) is 12.6. The van der Waals surface area contributed by atoms with E-state index >= 15 is 0 Å². The topological polar surface area (TPSA) is 39.4 Å². The number of allylic oxidation sites excluding steroid dienone is 2. The predicted octanol–water partition coefficient (Wildman–Crippen LogP) is 6.77. The summed E-state index contributed by atoms with van der Waals surface area (Å²) in [6.07, 6.45) is 1.62. The zero-order chi connectivity index (χ0) is 20.9. The number of ether oxygens (including phenoxy) is 1. The Morgan fingerprint density at radius 3 is 1.89 bits per heavy atom. The normalized spacial score (nSPS) is 12.9. The number of carbonyl (C=O) groups excluding carboxylic acids is 1. The fourth-order valence-electron chi connectivity index (χ4n) is 4.95. The Balaban J connectivity index is 2.95. The minimum Gasteiger partial charge on any atom is -0.492 e. The Bertz CT molecular complexity index is 817. The highest BCUT2D eigenvalue weighted by atomic mass is 28.3. The van der Waals surface area contributed by atoms with Crippen LogP contribution in [0.5, 0.6) is 0 Å². The van der Waals surface area contributed by atoms with Crippen molar-refractivity contribution in [3.8, 4) is 0 Å². The summed E-state index contributed by atoms with van der Waals surface area (Å²) in [5, 5.41) is 0.784. The Hall–Kier alpha value is -2.29. The van der Waals surface area contributed by atoms with E-state index in [9.17, 15) is 4.79 Å². The van der Waals surface area contributed by atoms with Gasteiger partial charge in [0.2, 0.25) is 0 Å². The minimum absolute atomic E-state index is 0.373. The van der Waals surface area contributed by atoms with Crippen LogP contribution in [0.3, 0.4) is 0 Å². The van der Waals surface area contributed by atoms with E-state index in [1.807, 2.05) is 42.5 Å². The third-order valence-corrected chi connectivity index (χ3v) is 12.8. The van der Waals surface area contributed by atoms with Gasteiger partial charge in [0.1, 0.15) is 14.0 Å². The molecule has 3 nitrogen and oxygen atoms in total. The van der Waals surface area contributed by atoms with Gasteiger partial charge in [-0.05, 0) is 34.3 Å². The molecule has 0 N–H and O–H groups in total. The van der Waals surface area contributed by atoms with Gasteiger partial charge >= 0.3 is 0 Å². The summed E-state index contributed by atoms with van der Waals surface area (Å²) in [5.74, 6) is 3.62. The second kappa shape index (κ2) is 9.27. The van der Waals surface area contributed by atoms with Gasteiger partial charge < -0.3 is 9.15 Å². The van der Waals surface area contributed by atoms with Gasteiger partial charge in [0, 0.05) is 10.8 Å². The van der Waals surface area contributed by atoms with Gasteiger partial charge in [-0.2, -0.15) is 0 Å². The molecule has 28 heavy (non-hydrogen) atoms. The molecule has 0 aliphatic heterocycles. The van der Waals surface area contributed by atoms with Crippen molar-refractivity contribution in [1.82, 2.24) is 0 Å². The first kappa shape index (κ1) is 22.0. The molecule has 0 atom stereocenters. The molecule has 0 saturated carbocycles. The largest absolute Gasteiger partial charge is 0.492 e. The molecule has 0 saturated heterocycles. The van der Waals surface area contributed by atoms with Crippen LogP contribution in [0.1, 0.15) is 52.9 Å². The van der Waals surface area contributed by atoms with Crippen LogP contribution >= 0.6 is 0 Å². The van der Waals surface area contributed by atoms with E-state index in [-0.39, 0.29) is 0 Å². The Morgan fingerprint density at radius 2 is 1.50 bits per heavy atom. The van der Waals surface area contributed by atoms with E-state index in [4.69, 9.17) is 9.15 Å². The van der Waals surface area contributed by atoms with Gasteiger partial charge in [0.15, 0.2) is 11.5 Å². The molecule has 0 unspecified atom stereocenters. The van der Waals surface area contributed by atoms with Crippen molar-refractivity contribution >= 4 is 25.3 Å². The summed E-state index contributed by atoms with van der Waals surface area (Å²) in [5.41, 5.74) is 2.89. The fraction of sp³-hybridized carbons (Fsp3) is 0.417. The lowest BCUT2D eigenvalue weighted by Crippen LogP contribution is -2.47. The van der Waals surface area contributed by atoms with Crippen molar-refractivity contribution in [3.05, 3.63) is 65.2 Å². The molecule has 0 bridgehead atoms. The number of furan rings is 1. The monoisotopic (exact) mass is 396 g/mol. The second-order valence-electron chi connectivity index (χ2n) is 8.13. The summed E-state index contributed by atoms with van der Waals surface area (Å²) in [7, 11) is -0.649. The summed E-state index contributed by atoms with van der Waals surface area (Å²) in [6.45, 7) is 13.4. The maximum absolute atomic E-state index is 12.6. The number of hydrogen-bond acceptors (Lipinski definition) is 3. The molecule has 2 aromatic rings. The van der Waals surface area contributed by atoms with E-state index in [2.05, 4.69) is 47.5 Å². The average Bonchev–Trinajstić information content (AvgIpc) is 3.18. The first-order valence-corrected chi connectivity index (χ1v) is 12.2. The molecule has 0 aliphatic rings. The van der Waals surface area contributed by atoms with Crippen LogP contribution in [0.25, 0.3) is 11.3 Å². The van der Waals surface area contributed by atoms with Crippen molar-refractivity contribution in [3.63, 3.8) is 0 Å². The number of rotatable bonds is 8. The zero-order valence-electron chi connectivity index (χ0n) is 18.1. The van der Waals surface area contributed by atoms with Gasteiger partial charge in [-0.3, -0.25) is 0 Å². The van der Waals surface area contributed by atoms with Gasteiger partial charge in [0.25, 0.3) is 0 Å². The molecule has 1 aromatic carbocycles. The van der Waals surface area contributed by atoms with Crippen LogP contribution in [0.4, 0.5) is 0 Å². The van der Waals surface area contributed by atoms with Gasteiger partial charge in [-0.25, -0.2) is 4.79 Å². The number of methoxy groups -OCH3 is 1. The first-order valence-electron chi connectivity index (χ1n) is 9.95. The highest BCUT2D eigenvalue weighted by molar-refractivity contribution is 6.93. The quantitative estimate of drug-likeness (QED) is 0.214. The van der Waals surface area contributed by atoms with Crippen molar-refractivity contribution in [1.29, 1.82) is 0 Å². The maximum atomic E-state index is 12.6. The Morgan fingerprint density at radius 1 is 0.929 bits per heavy atom. The van der Waals surface area contributed by atoms with Crippen LogP contribution in [0.2, 0.25) is 16.6 Å². The minimum atomic E-state index is -2.28. The molecule has 0 radical (unpaired) electrons. The second-order valence-corrected chi connectivity index (χ2v) is 14.0. The van der Waals surface area contributed by atoms with E-state index < -0.39 is 8.07 Å². The summed E-state index contributed by atoms with van der Waals surface area (Å²) < 4.78 is 11.5. The molecular weight excluding hydrogens is 364 g/mol. The van der Waals surface area contributed by atoms with Crippen LogP contribution in [-0.2, 0) is 9.53 Å². The summed E-state index contributed by atoms with van der Waals surface area (Å²) >= 11 is 0. The average molecular weight is 397 g/mol. The Kier molecular flexibility index (Phi) is 7.28. The first-order chi connectivity index (χ1) is 13.3. The third-order valence-electron chi connectivity index (χ3n) is 5.89. The molecule has 0 spiro atoms. The lowest BCUT2D eigenvalue weighted by Gasteiger charge is -2.44. The Labute approximate surface area is 170 Å². The molecule has 2 rings (SSSR count). The smallest absolute Gasteiger partial charge is 0.169 e. The van der Waals surface area contributed by atoms with E-state index in [1.165, 1.54) is 0 Å². The molecule has 0 aliphatic carbocycles.